The van der Waals surface area contributed by atoms with Crippen LogP contribution >= 0.6 is 0 Å². The van der Waals surface area contributed by atoms with Crippen molar-refractivity contribution in [3.63, 3.8) is 0 Å². The maximum absolute atomic E-state index is 11.7. The topological polar surface area (TPSA) is 67.2 Å². The van der Waals surface area contributed by atoms with E-state index in [9.17, 15) is 4.79 Å². The molecule has 1 amide bonds. The molecule has 0 spiro atoms. The van der Waals surface area contributed by atoms with Crippen LogP contribution in [-0.2, 0) is 0 Å². The second kappa shape index (κ2) is 4.69. The third-order valence-electron chi connectivity index (χ3n) is 5.36. The van der Waals surface area contributed by atoms with E-state index in [2.05, 4.69) is 38.3 Å². The van der Waals surface area contributed by atoms with Gasteiger partial charge >= 0.3 is 0 Å². The first-order valence-corrected chi connectivity index (χ1v) is 7.07. The fourth-order valence-electron chi connectivity index (χ4n) is 3.05. The zero-order chi connectivity index (χ0) is 15.1. The zero-order valence-electron chi connectivity index (χ0n) is 13.0. The highest BCUT2D eigenvalue weighted by Gasteiger charge is 2.64. The molecule has 0 aliphatic heterocycles. The number of rotatable bonds is 4. The first-order valence-electron chi connectivity index (χ1n) is 7.07. The summed E-state index contributed by atoms with van der Waals surface area (Å²) < 4.78 is 0. The predicted molar refractivity (Wildman–Crippen MR) is 83.8 cm³/mol. The summed E-state index contributed by atoms with van der Waals surface area (Å²) in [5.41, 5.74) is 8.80. The van der Waals surface area contributed by atoms with Gasteiger partial charge in [0.1, 0.15) is 0 Å². The van der Waals surface area contributed by atoms with E-state index in [-0.39, 0.29) is 5.91 Å². The van der Waals surface area contributed by atoms with Gasteiger partial charge in [-0.25, -0.2) is 0 Å². The van der Waals surface area contributed by atoms with Gasteiger partial charge in [-0.2, -0.15) is 0 Å². The minimum absolute atomic E-state index is 0.0971. The van der Waals surface area contributed by atoms with Crippen LogP contribution in [0.1, 0.15) is 38.1 Å². The zero-order valence-corrected chi connectivity index (χ0v) is 13.0. The molecule has 1 aliphatic carbocycles. The Hall–Kier alpha value is -1.71. The van der Waals surface area contributed by atoms with Gasteiger partial charge in [0.05, 0.1) is 11.4 Å². The number of hydrogen-bond acceptors (Lipinski definition) is 3. The van der Waals surface area contributed by atoms with Crippen LogP contribution in [-0.4, -0.2) is 19.5 Å². The van der Waals surface area contributed by atoms with E-state index in [1.165, 1.54) is 0 Å². The normalized spacial score (nSPS) is 19.4. The highest BCUT2D eigenvalue weighted by molar-refractivity contribution is 5.96. The molecule has 0 unspecified atom stereocenters. The second-order valence-electron chi connectivity index (χ2n) is 6.76. The van der Waals surface area contributed by atoms with Crippen molar-refractivity contribution in [1.29, 1.82) is 0 Å². The van der Waals surface area contributed by atoms with Crippen LogP contribution in [0.5, 0.6) is 0 Å². The van der Waals surface area contributed by atoms with Gasteiger partial charge in [0.15, 0.2) is 0 Å². The van der Waals surface area contributed by atoms with Crippen LogP contribution in [0.25, 0.3) is 0 Å². The summed E-state index contributed by atoms with van der Waals surface area (Å²) in [5, 5.41) is 6.02. The molecule has 0 heterocycles. The Morgan fingerprint density at radius 3 is 2.35 bits per heavy atom. The number of benzene rings is 1. The van der Waals surface area contributed by atoms with Gasteiger partial charge in [-0.3, -0.25) is 4.79 Å². The molecule has 2 rings (SSSR count). The molecule has 0 aromatic heterocycles. The van der Waals surface area contributed by atoms with Gasteiger partial charge in [-0.1, -0.05) is 27.7 Å². The second-order valence-corrected chi connectivity index (χ2v) is 6.76. The largest absolute Gasteiger partial charge is 0.397 e. The van der Waals surface area contributed by atoms with Crippen molar-refractivity contribution in [2.45, 2.75) is 27.7 Å². The van der Waals surface area contributed by atoms with Gasteiger partial charge in [-0.05, 0) is 34.9 Å². The van der Waals surface area contributed by atoms with Crippen molar-refractivity contribution in [2.75, 3.05) is 24.6 Å². The van der Waals surface area contributed by atoms with Crippen LogP contribution in [0.15, 0.2) is 18.2 Å². The Bertz CT molecular complexity index is 521. The molecule has 1 aromatic carbocycles. The van der Waals surface area contributed by atoms with Crippen LogP contribution in [0.4, 0.5) is 11.4 Å². The third kappa shape index (κ3) is 2.23. The van der Waals surface area contributed by atoms with Gasteiger partial charge in [-0.15, -0.1) is 0 Å². The molecular weight excluding hydrogens is 250 g/mol. The quantitative estimate of drug-likeness (QED) is 0.740. The minimum atomic E-state index is -0.0971. The van der Waals surface area contributed by atoms with Crippen molar-refractivity contribution in [2.24, 2.45) is 16.7 Å². The molecule has 1 aromatic rings. The first-order chi connectivity index (χ1) is 9.21. The number of hydrogen-bond donors (Lipinski definition) is 3. The number of nitrogens with two attached hydrogens (primary N) is 1. The SMILES string of the molecule is CNC(=O)c1ccc(N)c(NCC2C(C)(C)C2(C)C)c1. The Labute approximate surface area is 121 Å². The van der Waals surface area contributed by atoms with Crippen molar-refractivity contribution < 1.29 is 4.79 Å². The van der Waals surface area contributed by atoms with Gasteiger partial charge in [0.25, 0.3) is 5.91 Å². The molecule has 4 N–H and O–H groups in total. The number of carbonyl (C=O) groups excluding carboxylic acids is 1. The molecule has 110 valence electrons. The molecule has 0 radical (unpaired) electrons. The van der Waals surface area contributed by atoms with Crippen molar-refractivity contribution in [3.05, 3.63) is 23.8 Å². The Morgan fingerprint density at radius 2 is 1.85 bits per heavy atom. The van der Waals surface area contributed by atoms with Gasteiger partial charge in [0.2, 0.25) is 0 Å². The van der Waals surface area contributed by atoms with Crippen molar-refractivity contribution in [1.82, 2.24) is 5.32 Å². The predicted octanol–water partition coefficient (Wildman–Crippen LogP) is 2.72. The summed E-state index contributed by atoms with van der Waals surface area (Å²) >= 11 is 0. The van der Waals surface area contributed by atoms with Crippen LogP contribution in [0.3, 0.4) is 0 Å². The van der Waals surface area contributed by atoms with E-state index in [0.717, 1.165) is 12.2 Å². The van der Waals surface area contributed by atoms with E-state index in [1.807, 2.05) is 6.07 Å². The lowest BCUT2D eigenvalue weighted by Crippen LogP contribution is -2.18. The summed E-state index contributed by atoms with van der Waals surface area (Å²) in [5.74, 6) is 0.512. The summed E-state index contributed by atoms with van der Waals surface area (Å²) in [6.07, 6.45) is 0. The molecule has 1 fully saturated rings. The molecule has 0 bridgehead atoms. The van der Waals surface area contributed by atoms with E-state index in [1.54, 1.807) is 19.2 Å². The number of anilines is 2. The highest BCUT2D eigenvalue weighted by Crippen LogP contribution is 2.68. The van der Waals surface area contributed by atoms with Crippen molar-refractivity contribution >= 4 is 17.3 Å². The Balaban J connectivity index is 2.09. The number of carbonyl (C=O) groups is 1. The maximum Gasteiger partial charge on any atom is 0.251 e. The standard InChI is InChI=1S/C16H25N3O/c1-15(2)13(16(15,3)4)9-19-12-8-10(14(20)18-5)6-7-11(12)17/h6-8,13,19H,9,17H2,1-5H3,(H,18,20). The lowest BCUT2D eigenvalue weighted by atomic mass is 10.0. The average molecular weight is 275 g/mol. The summed E-state index contributed by atoms with van der Waals surface area (Å²) in [6, 6.07) is 5.33. The van der Waals surface area contributed by atoms with E-state index >= 15 is 0 Å². The first kappa shape index (κ1) is 14.7. The van der Waals surface area contributed by atoms with Crippen LogP contribution in [0.2, 0.25) is 0 Å². The summed E-state index contributed by atoms with van der Waals surface area (Å²) in [7, 11) is 1.63. The van der Waals surface area contributed by atoms with Crippen LogP contribution in [0, 0.1) is 16.7 Å². The Morgan fingerprint density at radius 1 is 1.25 bits per heavy atom. The minimum Gasteiger partial charge on any atom is -0.397 e. The summed E-state index contributed by atoms with van der Waals surface area (Å²) in [6.45, 7) is 10.1. The third-order valence-corrected chi connectivity index (χ3v) is 5.36. The number of nitrogens with one attached hydrogen (secondary N) is 2. The van der Waals surface area contributed by atoms with Gasteiger partial charge < -0.3 is 16.4 Å². The molecule has 0 saturated heterocycles. The molecule has 1 aliphatic rings. The average Bonchev–Trinajstić information content (AvgIpc) is 2.78. The number of nitrogen functional groups attached to an aromatic ring is 1. The molecule has 0 atom stereocenters. The van der Waals surface area contributed by atoms with E-state index in [0.29, 0.717) is 28.0 Å². The molecule has 4 heteroatoms. The van der Waals surface area contributed by atoms with E-state index in [4.69, 9.17) is 5.73 Å². The van der Waals surface area contributed by atoms with Crippen LogP contribution < -0.4 is 16.4 Å². The molecule has 20 heavy (non-hydrogen) atoms. The smallest absolute Gasteiger partial charge is 0.251 e. The lowest BCUT2D eigenvalue weighted by molar-refractivity contribution is 0.0963. The molecule has 4 nitrogen and oxygen atoms in total. The van der Waals surface area contributed by atoms with Crippen molar-refractivity contribution in [3.8, 4) is 0 Å². The lowest BCUT2D eigenvalue weighted by Gasteiger charge is -2.12. The monoisotopic (exact) mass is 275 g/mol. The molecule has 1 saturated carbocycles. The maximum atomic E-state index is 11.7. The molecular formula is C16H25N3O. The summed E-state index contributed by atoms with van der Waals surface area (Å²) in [4.78, 5) is 11.7. The number of amides is 1. The fraction of sp³-hybridized carbons (Fsp3) is 0.562. The fourth-order valence-corrected chi connectivity index (χ4v) is 3.05. The Kier molecular flexibility index (Phi) is 3.44. The van der Waals surface area contributed by atoms with Gasteiger partial charge in [0, 0.05) is 19.2 Å². The highest BCUT2D eigenvalue weighted by atomic mass is 16.1. The van der Waals surface area contributed by atoms with E-state index < -0.39 is 0 Å².